The lowest BCUT2D eigenvalue weighted by Gasteiger charge is -2.39. The maximum atomic E-state index is 11.4. The molecule has 1 saturated heterocycles. The Kier molecular flexibility index (Phi) is 3.97. The smallest absolute Gasteiger partial charge is 0.310 e. The van der Waals surface area contributed by atoms with Crippen molar-refractivity contribution < 1.29 is 9.90 Å². The molecule has 16 heavy (non-hydrogen) atoms. The minimum absolute atomic E-state index is 0.0925. The van der Waals surface area contributed by atoms with Crippen LogP contribution in [0, 0.1) is 11.3 Å². The van der Waals surface area contributed by atoms with Gasteiger partial charge in [0, 0.05) is 12.6 Å². The van der Waals surface area contributed by atoms with Crippen LogP contribution in [0.4, 0.5) is 0 Å². The number of aliphatic carboxylic acids is 1. The summed E-state index contributed by atoms with van der Waals surface area (Å²) in [6.07, 6.45) is 1.09. The molecule has 1 N–H and O–H groups in total. The minimum atomic E-state index is -0.708. The zero-order chi connectivity index (χ0) is 12.5. The molecule has 1 rings (SSSR count). The van der Waals surface area contributed by atoms with Crippen molar-refractivity contribution in [3.05, 3.63) is 0 Å². The first-order valence-electron chi connectivity index (χ1n) is 5.85. The molecule has 0 spiro atoms. The lowest BCUT2D eigenvalue weighted by molar-refractivity contribution is -0.151. The highest BCUT2D eigenvalue weighted by atomic mass is 16.4. The fourth-order valence-electron chi connectivity index (χ4n) is 3.01. The largest absolute Gasteiger partial charge is 0.481 e. The van der Waals surface area contributed by atoms with Crippen molar-refractivity contribution in [2.45, 2.75) is 26.3 Å². The second-order valence-electron chi connectivity index (χ2n) is 5.75. The summed E-state index contributed by atoms with van der Waals surface area (Å²) >= 11 is 0. The van der Waals surface area contributed by atoms with Gasteiger partial charge in [0.2, 0.25) is 0 Å². The highest BCUT2D eigenvalue weighted by Crippen LogP contribution is 2.34. The molecule has 1 aliphatic heterocycles. The van der Waals surface area contributed by atoms with Gasteiger partial charge in [-0.1, -0.05) is 0 Å². The third-order valence-electron chi connectivity index (χ3n) is 3.72. The molecule has 0 saturated carbocycles. The van der Waals surface area contributed by atoms with Crippen LogP contribution in [0.1, 0.15) is 20.3 Å². The van der Waals surface area contributed by atoms with Crippen LogP contribution in [0.15, 0.2) is 0 Å². The van der Waals surface area contributed by atoms with Crippen molar-refractivity contribution >= 4 is 5.97 Å². The van der Waals surface area contributed by atoms with Crippen LogP contribution in [-0.2, 0) is 4.79 Å². The van der Waals surface area contributed by atoms with E-state index in [1.807, 2.05) is 27.9 Å². The molecule has 0 radical (unpaired) electrons. The number of carbonyl (C=O) groups is 1. The summed E-state index contributed by atoms with van der Waals surface area (Å²) in [5.41, 5.74) is -0.695. The molecular formula is C12H24N2O2. The number of nitrogens with zero attached hydrogens (tertiary/aromatic N) is 2. The van der Waals surface area contributed by atoms with Crippen molar-refractivity contribution in [3.63, 3.8) is 0 Å². The first-order valence-corrected chi connectivity index (χ1v) is 5.85. The Hall–Kier alpha value is -0.610. The summed E-state index contributed by atoms with van der Waals surface area (Å²) in [6, 6.07) is 0.0925. The molecular weight excluding hydrogens is 204 g/mol. The predicted molar refractivity (Wildman–Crippen MR) is 64.5 cm³/mol. The maximum Gasteiger partial charge on any atom is 0.310 e. The molecule has 1 fully saturated rings. The quantitative estimate of drug-likeness (QED) is 0.779. The van der Waals surface area contributed by atoms with Crippen LogP contribution in [0.3, 0.4) is 0 Å². The molecule has 0 aromatic rings. The lowest BCUT2D eigenvalue weighted by atomic mass is 9.76. The summed E-state index contributed by atoms with van der Waals surface area (Å²) in [5, 5.41) is 9.35. The molecule has 0 aromatic carbocycles. The van der Waals surface area contributed by atoms with Gasteiger partial charge in [-0.3, -0.25) is 4.79 Å². The fourth-order valence-corrected chi connectivity index (χ4v) is 3.01. The zero-order valence-electron chi connectivity index (χ0n) is 11.0. The van der Waals surface area contributed by atoms with Crippen LogP contribution >= 0.6 is 0 Å². The number of hydrogen-bond donors (Lipinski definition) is 1. The van der Waals surface area contributed by atoms with Gasteiger partial charge in [-0.25, -0.2) is 0 Å². The Morgan fingerprint density at radius 2 is 2.06 bits per heavy atom. The van der Waals surface area contributed by atoms with Gasteiger partial charge in [-0.05, 0) is 53.9 Å². The van der Waals surface area contributed by atoms with Gasteiger partial charge in [0.15, 0.2) is 0 Å². The van der Waals surface area contributed by atoms with Crippen LogP contribution < -0.4 is 0 Å². The standard InChI is InChI=1S/C12H24N2O2/c1-12(2,11(15)16)10(13(3)4)9-6-7-14(5)8-9/h9-10H,6-8H2,1-5H3,(H,15,16). The summed E-state index contributed by atoms with van der Waals surface area (Å²) < 4.78 is 0. The van der Waals surface area contributed by atoms with Gasteiger partial charge in [-0.15, -0.1) is 0 Å². The van der Waals surface area contributed by atoms with Gasteiger partial charge in [0.1, 0.15) is 0 Å². The molecule has 2 unspecified atom stereocenters. The molecule has 1 aliphatic rings. The van der Waals surface area contributed by atoms with E-state index in [2.05, 4.69) is 16.8 Å². The number of hydrogen-bond acceptors (Lipinski definition) is 3. The third-order valence-corrected chi connectivity index (χ3v) is 3.72. The van der Waals surface area contributed by atoms with Crippen LogP contribution in [0.2, 0.25) is 0 Å². The lowest BCUT2D eigenvalue weighted by Crippen LogP contribution is -2.51. The molecule has 2 atom stereocenters. The normalized spacial score (nSPS) is 25.0. The van der Waals surface area contributed by atoms with Crippen molar-refractivity contribution in [3.8, 4) is 0 Å². The Labute approximate surface area is 98.2 Å². The van der Waals surface area contributed by atoms with Crippen LogP contribution in [0.5, 0.6) is 0 Å². The molecule has 4 heteroatoms. The van der Waals surface area contributed by atoms with E-state index in [0.29, 0.717) is 5.92 Å². The summed E-state index contributed by atoms with van der Waals surface area (Å²) in [6.45, 7) is 5.74. The first-order chi connectivity index (χ1) is 7.26. The molecule has 1 heterocycles. The number of carboxylic acid groups (broad SMARTS) is 1. The SMILES string of the molecule is CN1CCC(C(N(C)C)C(C)(C)C(=O)O)C1. The van der Waals surface area contributed by atoms with E-state index in [1.54, 1.807) is 0 Å². The summed E-state index contributed by atoms with van der Waals surface area (Å²) in [7, 11) is 6.06. The van der Waals surface area contributed by atoms with E-state index < -0.39 is 11.4 Å². The van der Waals surface area contributed by atoms with Gasteiger partial charge in [0.25, 0.3) is 0 Å². The van der Waals surface area contributed by atoms with Crippen LogP contribution in [0.25, 0.3) is 0 Å². The van der Waals surface area contributed by atoms with Crippen molar-refractivity contribution in [1.29, 1.82) is 0 Å². The number of carboxylic acids is 1. The van der Waals surface area contributed by atoms with Gasteiger partial charge in [0.05, 0.1) is 5.41 Å². The molecule has 94 valence electrons. The second kappa shape index (κ2) is 4.72. The Morgan fingerprint density at radius 3 is 2.38 bits per heavy atom. The third kappa shape index (κ3) is 2.55. The van der Waals surface area contributed by atoms with E-state index in [4.69, 9.17) is 0 Å². The number of likely N-dealkylation sites (tertiary alicyclic amines) is 1. The van der Waals surface area contributed by atoms with E-state index in [9.17, 15) is 9.90 Å². The molecule has 0 bridgehead atoms. The Balaban J connectivity index is 2.87. The average Bonchev–Trinajstić information content (AvgIpc) is 2.50. The summed E-state index contributed by atoms with van der Waals surface area (Å²) in [4.78, 5) is 15.7. The van der Waals surface area contributed by atoms with Crippen LogP contribution in [-0.4, -0.2) is 61.2 Å². The monoisotopic (exact) mass is 228 g/mol. The van der Waals surface area contributed by atoms with Crippen molar-refractivity contribution in [2.24, 2.45) is 11.3 Å². The topological polar surface area (TPSA) is 43.8 Å². The fraction of sp³-hybridized carbons (Fsp3) is 0.917. The first kappa shape index (κ1) is 13.5. The zero-order valence-corrected chi connectivity index (χ0v) is 11.0. The minimum Gasteiger partial charge on any atom is -0.481 e. The van der Waals surface area contributed by atoms with E-state index in [0.717, 1.165) is 19.5 Å². The summed E-state index contributed by atoms with van der Waals surface area (Å²) in [5.74, 6) is -0.258. The second-order valence-corrected chi connectivity index (χ2v) is 5.75. The maximum absolute atomic E-state index is 11.4. The molecule has 0 amide bonds. The van der Waals surface area contributed by atoms with Gasteiger partial charge < -0.3 is 14.9 Å². The number of rotatable bonds is 4. The van der Waals surface area contributed by atoms with Gasteiger partial charge >= 0.3 is 5.97 Å². The van der Waals surface area contributed by atoms with Crippen molar-refractivity contribution in [2.75, 3.05) is 34.2 Å². The van der Waals surface area contributed by atoms with Crippen molar-refractivity contribution in [1.82, 2.24) is 9.80 Å². The Morgan fingerprint density at radius 1 is 1.50 bits per heavy atom. The van der Waals surface area contributed by atoms with E-state index >= 15 is 0 Å². The highest BCUT2D eigenvalue weighted by Gasteiger charge is 2.44. The molecule has 4 nitrogen and oxygen atoms in total. The highest BCUT2D eigenvalue weighted by molar-refractivity contribution is 5.74. The van der Waals surface area contributed by atoms with E-state index in [-0.39, 0.29) is 6.04 Å². The van der Waals surface area contributed by atoms with E-state index in [1.165, 1.54) is 0 Å². The average molecular weight is 228 g/mol. The molecule has 0 aliphatic carbocycles. The molecule has 0 aromatic heterocycles. The predicted octanol–water partition coefficient (Wildman–Crippen LogP) is 0.979. The Bertz CT molecular complexity index is 264. The van der Waals surface area contributed by atoms with Gasteiger partial charge in [-0.2, -0.15) is 0 Å².